The Hall–Kier alpha value is -3.61. The maximum atomic E-state index is 11.6. The summed E-state index contributed by atoms with van der Waals surface area (Å²) in [6.07, 6.45) is 0. The van der Waals surface area contributed by atoms with Crippen LogP contribution in [0.4, 0.5) is 0 Å². The molecule has 2 aromatic carbocycles. The molecular weight excluding hydrogens is 316 g/mol. The Morgan fingerprint density at radius 2 is 1.00 bits per heavy atom. The molecule has 7 nitrogen and oxygen atoms in total. The van der Waals surface area contributed by atoms with E-state index in [-0.39, 0.29) is 39.2 Å². The van der Waals surface area contributed by atoms with Crippen molar-refractivity contribution in [3.63, 3.8) is 0 Å². The van der Waals surface area contributed by atoms with E-state index >= 15 is 0 Å². The largest absolute Gasteiger partial charge is 0.386 e. The van der Waals surface area contributed by atoms with Gasteiger partial charge in [-0.1, -0.05) is 0 Å². The van der Waals surface area contributed by atoms with E-state index < -0.39 is 23.9 Å². The predicted octanol–water partition coefficient (Wildman–Crippen LogP) is 1.25. The molecule has 0 amide bonds. The van der Waals surface area contributed by atoms with Gasteiger partial charge < -0.3 is 9.47 Å². The summed E-state index contributed by atoms with van der Waals surface area (Å²) >= 11 is 0. The van der Waals surface area contributed by atoms with E-state index in [0.29, 0.717) is 0 Å². The van der Waals surface area contributed by atoms with Crippen molar-refractivity contribution in [2.24, 2.45) is 0 Å². The molecular formula is C17H7O7+. The number of hydrogen-bond acceptors (Lipinski definition) is 6. The van der Waals surface area contributed by atoms with Crippen molar-refractivity contribution in [2.45, 2.75) is 0 Å². The fourth-order valence-corrected chi connectivity index (χ4v) is 2.63. The Balaban J connectivity index is 1.76. The van der Waals surface area contributed by atoms with Crippen LogP contribution in [-0.4, -0.2) is 34.5 Å². The Bertz CT molecular complexity index is 920. The number of cyclic esters (lactones) is 4. The number of fused-ring (bicyclic) bond motifs is 2. The highest BCUT2D eigenvalue weighted by atomic mass is 16.6. The minimum atomic E-state index is -0.784. The van der Waals surface area contributed by atoms with Crippen LogP contribution in [0.3, 0.4) is 0 Å². The number of ketones is 1. The van der Waals surface area contributed by atoms with Gasteiger partial charge in [0.1, 0.15) is 0 Å². The molecule has 0 atom stereocenters. The molecule has 2 aliphatic rings. The molecule has 0 spiro atoms. The number of esters is 4. The molecule has 4 rings (SSSR count). The van der Waals surface area contributed by atoms with Gasteiger partial charge in [0.05, 0.1) is 33.4 Å². The first-order valence-electron chi connectivity index (χ1n) is 6.83. The van der Waals surface area contributed by atoms with Crippen LogP contribution in [-0.2, 0) is 9.47 Å². The van der Waals surface area contributed by atoms with Crippen molar-refractivity contribution in [1.82, 2.24) is 0 Å². The summed E-state index contributed by atoms with van der Waals surface area (Å²) in [7, 11) is 0. The second kappa shape index (κ2) is 4.69. The third-order valence-electron chi connectivity index (χ3n) is 3.84. The molecule has 116 valence electrons. The van der Waals surface area contributed by atoms with Gasteiger partial charge in [-0.15, -0.1) is 0 Å². The van der Waals surface area contributed by atoms with Crippen molar-refractivity contribution in [3.05, 3.63) is 69.8 Å². The Morgan fingerprint density at radius 3 is 1.42 bits per heavy atom. The molecule has 2 aliphatic heterocycles. The molecule has 1 N–H and O–H groups in total. The highest BCUT2D eigenvalue weighted by molar-refractivity contribution is 6.19. The van der Waals surface area contributed by atoms with Crippen LogP contribution in [0.15, 0.2) is 36.4 Å². The lowest BCUT2D eigenvalue weighted by atomic mass is 9.96. The number of hydrogen-bond donors (Lipinski definition) is 0. The summed E-state index contributed by atoms with van der Waals surface area (Å²) in [5.41, 5.74) is 0.884. The van der Waals surface area contributed by atoms with Crippen LogP contribution in [0.1, 0.15) is 52.6 Å². The molecule has 7 heteroatoms. The first-order valence-corrected chi connectivity index (χ1v) is 6.83. The van der Waals surface area contributed by atoms with Crippen molar-refractivity contribution in [2.75, 3.05) is 0 Å². The SMILES string of the molecule is O=C1OC(=O)c2cc(C(=[OH+])c3ccc4c(c3)C(=O)OC4=O)ccc21. The molecule has 0 saturated carbocycles. The van der Waals surface area contributed by atoms with Gasteiger partial charge in [0.25, 0.3) is 0 Å². The molecule has 0 radical (unpaired) electrons. The molecule has 0 unspecified atom stereocenters. The van der Waals surface area contributed by atoms with E-state index in [1.165, 1.54) is 36.4 Å². The van der Waals surface area contributed by atoms with Crippen LogP contribution in [0.2, 0.25) is 0 Å². The van der Waals surface area contributed by atoms with Gasteiger partial charge in [-0.25, -0.2) is 19.2 Å². The second-order valence-corrected chi connectivity index (χ2v) is 5.22. The number of benzene rings is 2. The summed E-state index contributed by atoms with van der Waals surface area (Å²) in [5.74, 6) is -3.26. The topological polar surface area (TPSA) is 108 Å². The lowest BCUT2D eigenvalue weighted by Gasteiger charge is -1.99. The highest BCUT2D eigenvalue weighted by Crippen LogP contribution is 2.25. The van der Waals surface area contributed by atoms with Gasteiger partial charge in [-0.2, -0.15) is 0 Å². The van der Waals surface area contributed by atoms with Crippen LogP contribution < -0.4 is 0 Å². The molecule has 0 saturated heterocycles. The quantitative estimate of drug-likeness (QED) is 0.356. The van der Waals surface area contributed by atoms with E-state index in [1.54, 1.807) is 0 Å². The Morgan fingerprint density at radius 1 is 0.625 bits per heavy atom. The number of carbonyl (C=O) groups excluding carboxylic acids is 5. The first kappa shape index (κ1) is 14.0. The molecule has 24 heavy (non-hydrogen) atoms. The third kappa shape index (κ3) is 1.88. The summed E-state index contributed by atoms with van der Waals surface area (Å²) in [5, 5.41) is 0. The molecule has 0 fully saturated rings. The molecule has 0 aliphatic carbocycles. The zero-order valence-electron chi connectivity index (χ0n) is 11.9. The van der Waals surface area contributed by atoms with E-state index in [2.05, 4.69) is 9.47 Å². The van der Waals surface area contributed by atoms with Gasteiger partial charge in [0.2, 0.25) is 0 Å². The Labute approximate surface area is 133 Å². The first-order chi connectivity index (χ1) is 11.5. The third-order valence-corrected chi connectivity index (χ3v) is 3.84. The van der Waals surface area contributed by atoms with E-state index in [4.69, 9.17) is 0 Å². The lowest BCUT2D eigenvalue weighted by molar-refractivity contribution is 0.0425. The summed E-state index contributed by atoms with van der Waals surface area (Å²) in [6.45, 7) is 0. The number of carbonyl (C=O) groups is 4. The molecule has 0 aromatic heterocycles. The maximum absolute atomic E-state index is 11.6. The molecule has 2 aromatic rings. The van der Waals surface area contributed by atoms with Crippen LogP contribution >= 0.6 is 0 Å². The average molecular weight is 323 g/mol. The predicted molar refractivity (Wildman–Crippen MR) is 77.5 cm³/mol. The van der Waals surface area contributed by atoms with E-state index in [0.717, 1.165) is 0 Å². The summed E-state index contributed by atoms with van der Waals surface area (Å²) in [4.78, 5) is 56.4. The summed E-state index contributed by atoms with van der Waals surface area (Å²) < 4.78 is 8.98. The fourth-order valence-electron chi connectivity index (χ4n) is 2.63. The van der Waals surface area contributed by atoms with Crippen LogP contribution in [0, 0.1) is 0 Å². The smallest absolute Gasteiger partial charge is 0.354 e. The van der Waals surface area contributed by atoms with Crippen molar-refractivity contribution in [3.8, 4) is 0 Å². The minimum absolute atomic E-state index is 0.0554. The zero-order chi connectivity index (χ0) is 17.0. The van der Waals surface area contributed by atoms with Crippen molar-refractivity contribution < 1.29 is 33.4 Å². The monoisotopic (exact) mass is 323 g/mol. The van der Waals surface area contributed by atoms with Crippen LogP contribution in [0.5, 0.6) is 0 Å². The van der Waals surface area contributed by atoms with Gasteiger partial charge >= 0.3 is 29.7 Å². The standard InChI is InChI=1S/C17H6O7/c18-13(7-1-3-9-11(5-7)16(21)23-14(9)19)8-2-4-10-12(6-8)17(22)24-15(10)20/h1-6H/p+1. The van der Waals surface area contributed by atoms with E-state index in [9.17, 15) is 24.0 Å². The van der Waals surface area contributed by atoms with Gasteiger partial charge in [0, 0.05) is 0 Å². The van der Waals surface area contributed by atoms with E-state index in [1.807, 2.05) is 0 Å². The van der Waals surface area contributed by atoms with Gasteiger partial charge in [-0.05, 0) is 36.4 Å². The fraction of sp³-hybridized carbons (Fsp3) is 0. The highest BCUT2D eigenvalue weighted by Gasteiger charge is 2.33. The minimum Gasteiger partial charge on any atom is -0.386 e. The number of rotatable bonds is 2. The van der Waals surface area contributed by atoms with Gasteiger partial charge in [0.15, 0.2) is 0 Å². The molecule has 0 bridgehead atoms. The zero-order valence-corrected chi connectivity index (χ0v) is 11.9. The summed E-state index contributed by atoms with van der Waals surface area (Å²) in [6, 6.07) is 8.30. The van der Waals surface area contributed by atoms with Crippen molar-refractivity contribution >= 4 is 29.7 Å². The second-order valence-electron chi connectivity index (χ2n) is 5.22. The average Bonchev–Trinajstić information content (AvgIpc) is 3.02. The molecule has 2 heterocycles. The number of ether oxygens (including phenoxy) is 2. The van der Waals surface area contributed by atoms with Gasteiger partial charge in [-0.3, -0.25) is 4.79 Å². The lowest BCUT2D eigenvalue weighted by Crippen LogP contribution is -2.06. The normalized spacial score (nSPS) is 15.0. The maximum Gasteiger partial charge on any atom is 0.354 e. The van der Waals surface area contributed by atoms with Crippen molar-refractivity contribution in [1.29, 1.82) is 0 Å². The Kier molecular flexibility index (Phi) is 2.74. The van der Waals surface area contributed by atoms with Crippen LogP contribution in [0.25, 0.3) is 0 Å².